The van der Waals surface area contributed by atoms with Gasteiger partial charge in [-0.25, -0.2) is 12.8 Å². The Labute approximate surface area is 173 Å². The molecule has 0 aromatic heterocycles. The minimum absolute atomic E-state index is 0.0618. The lowest BCUT2D eigenvalue weighted by Gasteiger charge is -2.26. The van der Waals surface area contributed by atoms with Crippen LogP contribution in [-0.2, 0) is 26.0 Å². The lowest BCUT2D eigenvalue weighted by atomic mass is 10.1. The van der Waals surface area contributed by atoms with Crippen molar-refractivity contribution in [2.24, 2.45) is 0 Å². The van der Waals surface area contributed by atoms with Gasteiger partial charge in [-0.15, -0.1) is 0 Å². The van der Waals surface area contributed by atoms with Crippen molar-refractivity contribution in [1.82, 2.24) is 4.31 Å². The number of ether oxygens (including phenoxy) is 2. The van der Waals surface area contributed by atoms with Crippen molar-refractivity contribution >= 4 is 33.2 Å². The van der Waals surface area contributed by atoms with Gasteiger partial charge in [0.05, 0.1) is 31.8 Å². The fraction of sp³-hybridized carbons (Fsp3) is 0.316. The van der Waals surface area contributed by atoms with Crippen molar-refractivity contribution in [1.29, 1.82) is 0 Å². The number of anilines is 1. The minimum Gasteiger partial charge on any atom is -0.494 e. The molecule has 1 fully saturated rings. The Morgan fingerprint density at radius 3 is 2.62 bits per heavy atom. The zero-order valence-corrected chi connectivity index (χ0v) is 17.2. The smallest absolute Gasteiger partial charge is 0.244 e. The van der Waals surface area contributed by atoms with E-state index in [1.54, 1.807) is 6.07 Å². The molecule has 1 aliphatic rings. The van der Waals surface area contributed by atoms with E-state index in [4.69, 9.17) is 21.1 Å². The van der Waals surface area contributed by atoms with Gasteiger partial charge in [0.1, 0.15) is 4.90 Å². The molecule has 7 nitrogen and oxygen atoms in total. The molecule has 29 heavy (non-hydrogen) atoms. The van der Waals surface area contributed by atoms with Crippen molar-refractivity contribution in [3.05, 3.63) is 52.8 Å². The maximum atomic E-state index is 13.8. The van der Waals surface area contributed by atoms with E-state index in [-0.39, 0.29) is 40.9 Å². The summed E-state index contributed by atoms with van der Waals surface area (Å²) in [6.45, 7) is 1.09. The van der Waals surface area contributed by atoms with Crippen LogP contribution in [0.15, 0.2) is 41.3 Å². The Balaban J connectivity index is 1.75. The van der Waals surface area contributed by atoms with E-state index in [9.17, 15) is 17.6 Å². The fourth-order valence-electron chi connectivity index (χ4n) is 2.92. The van der Waals surface area contributed by atoms with Crippen LogP contribution in [0.25, 0.3) is 0 Å². The number of benzene rings is 2. The average Bonchev–Trinajstić information content (AvgIpc) is 2.70. The first-order valence-corrected chi connectivity index (χ1v) is 10.6. The second-order valence-corrected chi connectivity index (χ2v) is 8.67. The third kappa shape index (κ3) is 5.05. The molecule has 3 rings (SSSR count). The predicted molar refractivity (Wildman–Crippen MR) is 106 cm³/mol. The molecule has 2 aromatic rings. The van der Waals surface area contributed by atoms with Gasteiger partial charge in [0.15, 0.2) is 11.6 Å². The van der Waals surface area contributed by atoms with Crippen LogP contribution in [0.2, 0.25) is 5.02 Å². The number of amides is 1. The summed E-state index contributed by atoms with van der Waals surface area (Å²) in [5.41, 5.74) is 0.733. The van der Waals surface area contributed by atoms with Crippen LogP contribution < -0.4 is 10.1 Å². The monoisotopic (exact) mass is 442 g/mol. The fourth-order valence-corrected chi connectivity index (χ4v) is 4.82. The first kappa shape index (κ1) is 21.5. The number of rotatable bonds is 6. The van der Waals surface area contributed by atoms with Gasteiger partial charge in [0, 0.05) is 18.8 Å². The highest BCUT2D eigenvalue weighted by Gasteiger charge is 2.28. The first-order chi connectivity index (χ1) is 13.8. The van der Waals surface area contributed by atoms with Gasteiger partial charge in [-0.1, -0.05) is 17.7 Å². The molecule has 156 valence electrons. The van der Waals surface area contributed by atoms with E-state index in [0.717, 1.165) is 0 Å². The summed E-state index contributed by atoms with van der Waals surface area (Å²) in [5, 5.41) is 2.68. The van der Waals surface area contributed by atoms with Gasteiger partial charge in [0.25, 0.3) is 0 Å². The summed E-state index contributed by atoms with van der Waals surface area (Å²) in [6.07, 6.45) is -0.0882. The van der Waals surface area contributed by atoms with E-state index >= 15 is 0 Å². The van der Waals surface area contributed by atoms with Crippen LogP contribution in [0.5, 0.6) is 5.75 Å². The van der Waals surface area contributed by atoms with E-state index in [0.29, 0.717) is 18.8 Å². The molecule has 1 saturated heterocycles. The largest absolute Gasteiger partial charge is 0.494 e. The molecule has 0 aliphatic carbocycles. The van der Waals surface area contributed by atoms with Crippen LogP contribution >= 0.6 is 11.6 Å². The topological polar surface area (TPSA) is 84.9 Å². The number of sulfonamides is 1. The molecule has 0 bridgehead atoms. The summed E-state index contributed by atoms with van der Waals surface area (Å²) >= 11 is 6.11. The third-order valence-electron chi connectivity index (χ3n) is 4.38. The standard InChI is InChI=1S/C19H20ClFN2O5S/c1-27-17-5-2-13(10-16(17)21)11-19(24)22-14-3-4-15(20)18(12-14)29(25,26)23-6-8-28-9-7-23/h2-5,10,12H,6-9,11H2,1H3,(H,22,24). The van der Waals surface area contributed by atoms with Crippen molar-refractivity contribution in [2.75, 3.05) is 38.7 Å². The molecule has 1 amide bonds. The molecule has 1 N–H and O–H groups in total. The van der Waals surface area contributed by atoms with Gasteiger partial charge in [-0.3, -0.25) is 4.79 Å². The lowest BCUT2D eigenvalue weighted by molar-refractivity contribution is -0.115. The molecule has 0 spiro atoms. The number of nitrogens with zero attached hydrogens (tertiary/aromatic N) is 1. The Bertz CT molecular complexity index is 1010. The summed E-state index contributed by atoms with van der Waals surface area (Å²) in [4.78, 5) is 12.2. The molecule has 0 saturated carbocycles. The summed E-state index contributed by atoms with van der Waals surface area (Å²) < 4.78 is 50.8. The highest BCUT2D eigenvalue weighted by Crippen LogP contribution is 2.28. The number of carbonyl (C=O) groups excluding carboxylic acids is 1. The maximum absolute atomic E-state index is 13.8. The number of methoxy groups -OCH3 is 1. The van der Waals surface area contributed by atoms with Gasteiger partial charge in [0.2, 0.25) is 15.9 Å². The molecular formula is C19H20ClFN2O5S. The molecule has 1 heterocycles. The quantitative estimate of drug-likeness (QED) is 0.743. The highest BCUT2D eigenvalue weighted by atomic mass is 35.5. The second kappa shape index (κ2) is 9.08. The Morgan fingerprint density at radius 1 is 1.24 bits per heavy atom. The molecular weight excluding hydrogens is 423 g/mol. The average molecular weight is 443 g/mol. The normalized spacial score (nSPS) is 15.1. The van der Waals surface area contributed by atoms with Crippen LogP contribution in [0.1, 0.15) is 5.56 Å². The SMILES string of the molecule is COc1ccc(CC(=O)Nc2ccc(Cl)c(S(=O)(=O)N3CCOCC3)c2)cc1F. The van der Waals surface area contributed by atoms with E-state index in [1.165, 1.54) is 41.7 Å². The molecule has 1 aliphatic heterocycles. The first-order valence-electron chi connectivity index (χ1n) is 8.81. The maximum Gasteiger partial charge on any atom is 0.244 e. The summed E-state index contributed by atoms with van der Waals surface area (Å²) in [7, 11) is -2.46. The molecule has 0 radical (unpaired) electrons. The van der Waals surface area contributed by atoms with E-state index in [2.05, 4.69) is 5.32 Å². The number of morpholine rings is 1. The number of halogens is 2. The number of carbonyl (C=O) groups is 1. The predicted octanol–water partition coefficient (Wildman–Crippen LogP) is 2.69. The molecule has 0 unspecified atom stereocenters. The minimum atomic E-state index is -3.82. The summed E-state index contributed by atoms with van der Waals surface area (Å²) in [5.74, 6) is -0.903. The van der Waals surface area contributed by atoms with Crippen LogP contribution in [0.3, 0.4) is 0 Å². The molecule has 2 aromatic carbocycles. The van der Waals surface area contributed by atoms with Crippen molar-refractivity contribution < 1.29 is 27.1 Å². The van der Waals surface area contributed by atoms with Crippen LogP contribution in [0.4, 0.5) is 10.1 Å². The van der Waals surface area contributed by atoms with Crippen molar-refractivity contribution in [3.63, 3.8) is 0 Å². The zero-order valence-electron chi connectivity index (χ0n) is 15.7. The number of hydrogen-bond donors (Lipinski definition) is 1. The van der Waals surface area contributed by atoms with Crippen LogP contribution in [0, 0.1) is 5.82 Å². The van der Waals surface area contributed by atoms with Crippen LogP contribution in [-0.4, -0.2) is 52.0 Å². The zero-order chi connectivity index (χ0) is 21.0. The van der Waals surface area contributed by atoms with Gasteiger partial charge >= 0.3 is 0 Å². The third-order valence-corrected chi connectivity index (χ3v) is 6.76. The van der Waals surface area contributed by atoms with E-state index < -0.39 is 21.7 Å². The summed E-state index contributed by atoms with van der Waals surface area (Å²) in [6, 6.07) is 8.48. The van der Waals surface area contributed by atoms with Gasteiger partial charge in [-0.2, -0.15) is 4.31 Å². The highest BCUT2D eigenvalue weighted by molar-refractivity contribution is 7.89. The molecule has 0 atom stereocenters. The number of hydrogen-bond acceptors (Lipinski definition) is 5. The Morgan fingerprint density at radius 2 is 1.97 bits per heavy atom. The number of nitrogens with one attached hydrogen (secondary N) is 1. The van der Waals surface area contributed by atoms with Gasteiger partial charge in [-0.05, 0) is 35.9 Å². The van der Waals surface area contributed by atoms with E-state index in [1.807, 2.05) is 0 Å². The lowest BCUT2D eigenvalue weighted by Crippen LogP contribution is -2.40. The second-order valence-electron chi connectivity index (χ2n) is 6.36. The van der Waals surface area contributed by atoms with Gasteiger partial charge < -0.3 is 14.8 Å². The van der Waals surface area contributed by atoms with Crippen molar-refractivity contribution in [2.45, 2.75) is 11.3 Å². The molecule has 10 heteroatoms. The Kier molecular flexibility index (Phi) is 6.74. The van der Waals surface area contributed by atoms with Crippen molar-refractivity contribution in [3.8, 4) is 5.75 Å². The Hall–Kier alpha value is -2.20.